The molecule has 1 amide bonds. The first kappa shape index (κ1) is 22.5. The van der Waals surface area contributed by atoms with Crippen molar-refractivity contribution < 1.29 is 22.7 Å². The van der Waals surface area contributed by atoms with Crippen molar-refractivity contribution in [1.29, 1.82) is 0 Å². The zero-order valence-electron chi connectivity index (χ0n) is 17.1. The molecule has 0 aliphatic heterocycles. The lowest BCUT2D eigenvalue weighted by molar-refractivity contribution is -0.124. The van der Waals surface area contributed by atoms with Crippen molar-refractivity contribution in [2.75, 3.05) is 18.0 Å². The molecule has 1 aromatic heterocycles. The van der Waals surface area contributed by atoms with Crippen LogP contribution >= 0.6 is 11.3 Å². The Morgan fingerprint density at radius 3 is 2.32 bits per heavy atom. The predicted molar refractivity (Wildman–Crippen MR) is 120 cm³/mol. The number of sulfonamides is 1. The van der Waals surface area contributed by atoms with Crippen LogP contribution in [0.4, 0.5) is 5.69 Å². The van der Waals surface area contributed by atoms with Crippen LogP contribution in [0.3, 0.4) is 0 Å². The Hall–Kier alpha value is -3.17. The van der Waals surface area contributed by atoms with E-state index in [9.17, 15) is 18.0 Å². The Kier molecular flexibility index (Phi) is 7.09. The Morgan fingerprint density at radius 1 is 1.03 bits per heavy atom. The smallest absolute Gasteiger partial charge is 0.338 e. The van der Waals surface area contributed by atoms with Gasteiger partial charge in [0.05, 0.1) is 22.7 Å². The number of carbonyl (C=O) groups is 2. The summed E-state index contributed by atoms with van der Waals surface area (Å²) in [5.74, 6) is -1.07. The first-order valence-electron chi connectivity index (χ1n) is 9.39. The van der Waals surface area contributed by atoms with Crippen molar-refractivity contribution in [1.82, 2.24) is 5.32 Å². The molecule has 0 bridgehead atoms. The van der Waals surface area contributed by atoms with Crippen LogP contribution in [0.25, 0.3) is 0 Å². The quantitative estimate of drug-likeness (QED) is 0.523. The van der Waals surface area contributed by atoms with Crippen LogP contribution in [0.1, 0.15) is 20.8 Å². The molecule has 0 spiro atoms. The van der Waals surface area contributed by atoms with Crippen LogP contribution in [0.15, 0.2) is 70.9 Å². The summed E-state index contributed by atoms with van der Waals surface area (Å²) in [4.78, 5) is 25.2. The van der Waals surface area contributed by atoms with Crippen molar-refractivity contribution >= 4 is 38.9 Å². The average Bonchev–Trinajstić information content (AvgIpc) is 3.29. The van der Waals surface area contributed by atoms with Crippen LogP contribution in [0.2, 0.25) is 0 Å². The number of hydrogen-bond acceptors (Lipinski definition) is 6. The second-order valence-electron chi connectivity index (χ2n) is 6.76. The number of rotatable bonds is 8. The molecule has 0 radical (unpaired) electrons. The highest BCUT2D eigenvalue weighted by molar-refractivity contribution is 7.92. The van der Waals surface area contributed by atoms with Gasteiger partial charge in [-0.3, -0.25) is 9.10 Å². The Balaban J connectivity index is 1.58. The van der Waals surface area contributed by atoms with Gasteiger partial charge in [-0.05, 0) is 54.8 Å². The number of nitrogens with one attached hydrogen (secondary N) is 1. The normalized spacial score (nSPS) is 11.0. The zero-order valence-corrected chi connectivity index (χ0v) is 18.7. The van der Waals surface area contributed by atoms with Gasteiger partial charge in [-0.1, -0.05) is 23.8 Å². The lowest BCUT2D eigenvalue weighted by Crippen LogP contribution is -2.28. The minimum absolute atomic E-state index is 0.178. The van der Waals surface area contributed by atoms with Gasteiger partial charge in [0, 0.05) is 11.9 Å². The summed E-state index contributed by atoms with van der Waals surface area (Å²) in [6.45, 7) is 1.86. The summed E-state index contributed by atoms with van der Waals surface area (Å²) in [5.41, 5.74) is 1.58. The molecular weight excluding hydrogens is 436 g/mol. The van der Waals surface area contributed by atoms with Crippen molar-refractivity contribution in [3.63, 3.8) is 0 Å². The maximum absolute atomic E-state index is 12.8. The lowest BCUT2D eigenvalue weighted by atomic mass is 10.2. The maximum atomic E-state index is 12.8. The third-order valence-electron chi connectivity index (χ3n) is 4.52. The second kappa shape index (κ2) is 9.76. The number of hydrogen-bond donors (Lipinski definition) is 1. The molecule has 162 valence electrons. The van der Waals surface area contributed by atoms with Gasteiger partial charge in [-0.2, -0.15) is 0 Å². The van der Waals surface area contributed by atoms with E-state index in [1.807, 2.05) is 24.4 Å². The average molecular weight is 459 g/mol. The number of esters is 1. The fourth-order valence-corrected chi connectivity index (χ4v) is 4.52. The topological polar surface area (TPSA) is 92.8 Å². The van der Waals surface area contributed by atoms with Gasteiger partial charge in [0.1, 0.15) is 0 Å². The molecule has 0 unspecified atom stereocenters. The van der Waals surface area contributed by atoms with Crippen molar-refractivity contribution in [2.45, 2.75) is 18.4 Å². The largest absolute Gasteiger partial charge is 0.452 e. The van der Waals surface area contributed by atoms with E-state index >= 15 is 0 Å². The maximum Gasteiger partial charge on any atom is 0.338 e. The molecule has 0 atom stereocenters. The molecule has 0 saturated heterocycles. The third-order valence-corrected chi connectivity index (χ3v) is 7.20. The first-order valence-corrected chi connectivity index (χ1v) is 11.7. The van der Waals surface area contributed by atoms with Crippen LogP contribution in [0, 0.1) is 6.92 Å². The fourth-order valence-electron chi connectivity index (χ4n) is 2.68. The molecule has 3 aromatic rings. The van der Waals surface area contributed by atoms with Crippen LogP contribution in [0.5, 0.6) is 0 Å². The first-order chi connectivity index (χ1) is 14.8. The van der Waals surface area contributed by atoms with Crippen LogP contribution in [-0.4, -0.2) is 33.9 Å². The highest BCUT2D eigenvalue weighted by atomic mass is 32.2. The number of nitrogens with zero attached hydrogens (tertiary/aromatic N) is 1. The van der Waals surface area contributed by atoms with E-state index in [-0.39, 0.29) is 10.5 Å². The minimum Gasteiger partial charge on any atom is -0.452 e. The summed E-state index contributed by atoms with van der Waals surface area (Å²) < 4.78 is 31.7. The number of ether oxygens (including phenoxy) is 1. The summed E-state index contributed by atoms with van der Waals surface area (Å²) in [6.07, 6.45) is 0. The van der Waals surface area contributed by atoms with Crippen LogP contribution in [-0.2, 0) is 26.1 Å². The van der Waals surface area contributed by atoms with Crippen molar-refractivity contribution in [2.24, 2.45) is 0 Å². The molecule has 7 nitrogen and oxygen atoms in total. The monoisotopic (exact) mass is 458 g/mol. The van der Waals surface area contributed by atoms with Gasteiger partial charge in [-0.25, -0.2) is 13.2 Å². The number of thiophene rings is 1. The van der Waals surface area contributed by atoms with E-state index in [0.29, 0.717) is 12.2 Å². The van der Waals surface area contributed by atoms with Gasteiger partial charge in [0.15, 0.2) is 6.61 Å². The summed E-state index contributed by atoms with van der Waals surface area (Å²) >= 11 is 1.52. The highest BCUT2D eigenvalue weighted by Gasteiger charge is 2.21. The van der Waals surface area contributed by atoms with Gasteiger partial charge in [0.25, 0.3) is 15.9 Å². The van der Waals surface area contributed by atoms with Gasteiger partial charge >= 0.3 is 5.97 Å². The Bertz CT molecular complexity index is 1140. The van der Waals surface area contributed by atoms with Crippen molar-refractivity contribution in [3.8, 4) is 0 Å². The van der Waals surface area contributed by atoms with E-state index in [1.165, 1.54) is 42.6 Å². The molecule has 0 fully saturated rings. The molecular formula is C22H22N2O5S2. The number of carbonyl (C=O) groups excluding carboxylic acids is 2. The molecule has 0 aliphatic rings. The Morgan fingerprint density at radius 2 is 1.71 bits per heavy atom. The fraction of sp³-hybridized carbons (Fsp3) is 0.182. The molecule has 2 aromatic carbocycles. The van der Waals surface area contributed by atoms with Gasteiger partial charge < -0.3 is 10.1 Å². The summed E-state index contributed by atoms with van der Waals surface area (Å²) in [7, 11) is -2.28. The van der Waals surface area contributed by atoms with E-state index in [1.54, 1.807) is 24.3 Å². The van der Waals surface area contributed by atoms with E-state index < -0.39 is 28.5 Å². The molecule has 0 aliphatic carbocycles. The van der Waals surface area contributed by atoms with E-state index in [4.69, 9.17) is 4.74 Å². The highest BCUT2D eigenvalue weighted by Crippen LogP contribution is 2.23. The van der Waals surface area contributed by atoms with Gasteiger partial charge in [0.2, 0.25) is 0 Å². The van der Waals surface area contributed by atoms with E-state index in [2.05, 4.69) is 5.32 Å². The molecule has 1 N–H and O–H groups in total. The van der Waals surface area contributed by atoms with E-state index in [0.717, 1.165) is 14.7 Å². The Labute approximate surface area is 185 Å². The van der Waals surface area contributed by atoms with Gasteiger partial charge in [-0.15, -0.1) is 11.3 Å². The van der Waals surface area contributed by atoms with Crippen LogP contribution < -0.4 is 9.62 Å². The lowest BCUT2D eigenvalue weighted by Gasteiger charge is -2.19. The minimum atomic E-state index is -3.72. The molecule has 1 heterocycles. The number of amides is 1. The standard InChI is InChI=1S/C22H22N2O5S2/c1-16-5-11-20(12-6-16)31(27,28)24(2)18-9-7-17(8-10-18)22(26)29-15-21(25)23-14-19-4-3-13-30-19/h3-13H,14-15H2,1-2H3,(H,23,25). The second-order valence-corrected chi connectivity index (χ2v) is 9.77. The molecule has 9 heteroatoms. The zero-order chi connectivity index (χ0) is 22.4. The third kappa shape index (κ3) is 5.71. The SMILES string of the molecule is Cc1ccc(S(=O)(=O)N(C)c2ccc(C(=O)OCC(=O)NCc3cccs3)cc2)cc1. The van der Waals surface area contributed by atoms with Crippen molar-refractivity contribution in [3.05, 3.63) is 82.0 Å². The summed E-state index contributed by atoms with van der Waals surface area (Å²) in [5, 5.41) is 4.58. The number of anilines is 1. The predicted octanol–water partition coefficient (Wildman–Crippen LogP) is 3.35. The molecule has 3 rings (SSSR count). The number of benzene rings is 2. The molecule has 31 heavy (non-hydrogen) atoms. The number of aryl methyl sites for hydroxylation is 1. The summed E-state index contributed by atoms with van der Waals surface area (Å²) in [6, 6.07) is 16.3. The molecule has 0 saturated carbocycles.